The number of carbonyl (C=O) groups excluding carboxylic acids is 1. The largest absolute Gasteiger partial charge is 0.334 e. The minimum absolute atomic E-state index is 0.412. The molecule has 0 aliphatic rings. The summed E-state index contributed by atoms with van der Waals surface area (Å²) in [5.74, 6) is 5.36. The topological polar surface area (TPSA) is 92.9 Å². The monoisotopic (exact) mass is 281 g/mol. The van der Waals surface area contributed by atoms with E-state index in [4.69, 9.17) is 5.84 Å². The van der Waals surface area contributed by atoms with Gasteiger partial charge in [0.2, 0.25) is 0 Å². The second kappa shape index (κ2) is 4.42. The highest BCUT2D eigenvalue weighted by Crippen LogP contribution is 2.17. The van der Waals surface area contributed by atoms with Crippen LogP contribution >= 0.6 is 15.9 Å². The van der Waals surface area contributed by atoms with E-state index in [0.717, 1.165) is 9.99 Å². The van der Waals surface area contributed by atoms with Crippen LogP contribution in [0, 0.1) is 0 Å². The van der Waals surface area contributed by atoms with Crippen LogP contribution in [0.2, 0.25) is 0 Å². The van der Waals surface area contributed by atoms with Gasteiger partial charge in [-0.15, -0.1) is 0 Å². The van der Waals surface area contributed by atoms with Crippen LogP contribution in [-0.2, 0) is 0 Å². The average molecular weight is 282 g/mol. The molecule has 0 spiro atoms. The maximum atomic E-state index is 11.0. The van der Waals surface area contributed by atoms with Crippen molar-refractivity contribution in [2.24, 2.45) is 5.84 Å². The van der Waals surface area contributed by atoms with Gasteiger partial charge in [-0.3, -0.25) is 15.7 Å². The number of urea groups is 1. The zero-order chi connectivity index (χ0) is 11.5. The van der Waals surface area contributed by atoms with Crippen LogP contribution in [-0.4, -0.2) is 16.0 Å². The van der Waals surface area contributed by atoms with Crippen molar-refractivity contribution in [2.45, 2.75) is 0 Å². The van der Waals surface area contributed by atoms with E-state index in [1.165, 1.54) is 0 Å². The molecule has 0 atom stereocenters. The van der Waals surface area contributed by atoms with Crippen LogP contribution in [0.5, 0.6) is 0 Å². The van der Waals surface area contributed by atoms with Crippen molar-refractivity contribution in [3.05, 3.63) is 28.9 Å². The van der Waals surface area contributed by atoms with Crippen molar-refractivity contribution in [1.29, 1.82) is 0 Å². The third-order valence-corrected chi connectivity index (χ3v) is 2.31. The van der Waals surface area contributed by atoms with Crippen molar-refractivity contribution >= 4 is 38.8 Å². The third-order valence-electron chi connectivity index (χ3n) is 1.88. The van der Waals surface area contributed by atoms with Crippen LogP contribution in [0.3, 0.4) is 0 Å². The van der Waals surface area contributed by atoms with Gasteiger partial charge in [-0.2, -0.15) is 0 Å². The summed E-state index contributed by atoms with van der Waals surface area (Å²) >= 11 is 3.30. The number of pyridine rings is 2. The molecule has 0 aromatic carbocycles. The lowest BCUT2D eigenvalue weighted by atomic mass is 10.3. The molecule has 7 heteroatoms. The van der Waals surface area contributed by atoms with E-state index in [1.807, 2.05) is 11.5 Å². The molecule has 2 aromatic rings. The van der Waals surface area contributed by atoms with Crippen molar-refractivity contribution in [1.82, 2.24) is 15.4 Å². The van der Waals surface area contributed by atoms with Crippen LogP contribution in [0.1, 0.15) is 0 Å². The van der Waals surface area contributed by atoms with Crippen molar-refractivity contribution in [3.63, 3.8) is 0 Å². The molecule has 0 fully saturated rings. The predicted octanol–water partition coefficient (Wildman–Crippen LogP) is 1.39. The molecule has 4 N–H and O–H groups in total. The molecule has 0 radical (unpaired) electrons. The summed E-state index contributed by atoms with van der Waals surface area (Å²) in [5.41, 5.74) is 3.39. The summed E-state index contributed by atoms with van der Waals surface area (Å²) in [5, 5.41) is 2.47. The molecule has 2 aromatic heterocycles. The Morgan fingerprint density at radius 2 is 2.19 bits per heavy atom. The number of rotatable bonds is 1. The number of aromatic nitrogens is 2. The molecule has 0 aliphatic heterocycles. The number of fused-ring (bicyclic) bond motifs is 1. The maximum absolute atomic E-state index is 11.0. The summed E-state index contributed by atoms with van der Waals surface area (Å²) in [4.78, 5) is 19.3. The number of hydrogen-bond donors (Lipinski definition) is 3. The summed E-state index contributed by atoms with van der Waals surface area (Å²) in [6.07, 6.45) is 1.68. The molecule has 2 amide bonds. The van der Waals surface area contributed by atoms with E-state index in [9.17, 15) is 4.79 Å². The van der Waals surface area contributed by atoms with E-state index >= 15 is 0 Å². The van der Waals surface area contributed by atoms with Crippen LogP contribution in [0.25, 0.3) is 11.0 Å². The molecule has 0 saturated carbocycles. The fraction of sp³-hybridized carbons (Fsp3) is 0. The number of hydrogen-bond acceptors (Lipinski definition) is 4. The molecule has 0 saturated heterocycles. The first kappa shape index (κ1) is 10.8. The summed E-state index contributed by atoms with van der Waals surface area (Å²) in [6, 6.07) is 4.71. The van der Waals surface area contributed by atoms with Gasteiger partial charge < -0.3 is 0 Å². The Kier molecular flexibility index (Phi) is 2.97. The lowest BCUT2D eigenvalue weighted by Gasteiger charge is -2.04. The van der Waals surface area contributed by atoms with Gasteiger partial charge in [0.05, 0.1) is 11.0 Å². The number of nitrogens with one attached hydrogen (secondary N) is 2. The highest BCUT2D eigenvalue weighted by Gasteiger charge is 2.02. The van der Waals surface area contributed by atoms with Gasteiger partial charge >= 0.3 is 6.03 Å². The second-order valence-electron chi connectivity index (χ2n) is 2.99. The van der Waals surface area contributed by atoms with Crippen molar-refractivity contribution in [2.75, 3.05) is 5.32 Å². The van der Waals surface area contributed by atoms with E-state index in [1.54, 1.807) is 18.3 Å². The number of carbonyl (C=O) groups is 1. The summed E-state index contributed by atoms with van der Waals surface area (Å²) in [6.45, 7) is 0. The molecular formula is C9H8BrN5O. The third kappa shape index (κ3) is 2.26. The SMILES string of the molecule is NNC(=O)Nc1ccc2ncc(Br)cc2n1. The van der Waals surface area contributed by atoms with Crippen molar-refractivity contribution < 1.29 is 4.79 Å². The Hall–Kier alpha value is -1.73. The highest BCUT2D eigenvalue weighted by molar-refractivity contribution is 9.10. The molecule has 6 nitrogen and oxygen atoms in total. The maximum Gasteiger partial charge on any atom is 0.334 e. The Balaban J connectivity index is 2.39. The fourth-order valence-electron chi connectivity index (χ4n) is 1.20. The van der Waals surface area contributed by atoms with Gasteiger partial charge in [-0.25, -0.2) is 15.6 Å². The molecule has 0 aliphatic carbocycles. The minimum atomic E-state index is -0.519. The van der Waals surface area contributed by atoms with Gasteiger partial charge in [0, 0.05) is 10.7 Å². The first-order chi connectivity index (χ1) is 7.69. The average Bonchev–Trinajstić information content (AvgIpc) is 2.28. The molecule has 2 rings (SSSR count). The smallest absolute Gasteiger partial charge is 0.291 e. The highest BCUT2D eigenvalue weighted by atomic mass is 79.9. The predicted molar refractivity (Wildman–Crippen MR) is 63.6 cm³/mol. The van der Waals surface area contributed by atoms with E-state index in [2.05, 4.69) is 31.2 Å². The zero-order valence-corrected chi connectivity index (χ0v) is 9.65. The van der Waals surface area contributed by atoms with E-state index < -0.39 is 6.03 Å². The van der Waals surface area contributed by atoms with Gasteiger partial charge in [-0.05, 0) is 34.1 Å². The first-order valence-electron chi connectivity index (χ1n) is 4.39. The Labute approximate surface area is 99.4 Å². The molecule has 16 heavy (non-hydrogen) atoms. The standard InChI is InChI=1S/C9H8BrN5O/c10-5-3-7-6(12-4-5)1-2-8(13-7)14-9(16)15-11/h1-4H,11H2,(H2,13,14,15,16). The molecule has 2 heterocycles. The zero-order valence-electron chi connectivity index (χ0n) is 8.07. The Bertz CT molecular complexity index is 544. The molecule has 82 valence electrons. The van der Waals surface area contributed by atoms with Crippen LogP contribution < -0.4 is 16.6 Å². The number of halogens is 1. The van der Waals surface area contributed by atoms with E-state index in [0.29, 0.717) is 11.3 Å². The second-order valence-corrected chi connectivity index (χ2v) is 3.90. The Morgan fingerprint density at radius 3 is 2.94 bits per heavy atom. The number of anilines is 1. The molecular weight excluding hydrogens is 274 g/mol. The van der Waals surface area contributed by atoms with Crippen LogP contribution in [0.15, 0.2) is 28.9 Å². The van der Waals surface area contributed by atoms with Crippen molar-refractivity contribution in [3.8, 4) is 0 Å². The number of hydrazine groups is 1. The minimum Gasteiger partial charge on any atom is -0.291 e. The van der Waals surface area contributed by atoms with Crippen LogP contribution in [0.4, 0.5) is 10.6 Å². The van der Waals surface area contributed by atoms with Gasteiger partial charge in [0.15, 0.2) is 0 Å². The lowest BCUT2D eigenvalue weighted by molar-refractivity contribution is 0.252. The van der Waals surface area contributed by atoms with Gasteiger partial charge in [0.1, 0.15) is 5.82 Å². The Morgan fingerprint density at radius 1 is 1.38 bits per heavy atom. The first-order valence-corrected chi connectivity index (χ1v) is 5.18. The lowest BCUT2D eigenvalue weighted by Crippen LogP contribution is -2.34. The fourth-order valence-corrected chi connectivity index (χ4v) is 1.52. The molecule has 0 bridgehead atoms. The van der Waals surface area contributed by atoms with Gasteiger partial charge in [-0.1, -0.05) is 0 Å². The normalized spacial score (nSPS) is 10.1. The number of nitrogens with two attached hydrogens (primary N) is 1. The molecule has 0 unspecified atom stereocenters. The van der Waals surface area contributed by atoms with E-state index in [-0.39, 0.29) is 0 Å². The summed E-state index contributed by atoms with van der Waals surface area (Å²) < 4.78 is 0.827. The quantitative estimate of drug-likeness (QED) is 0.418. The van der Waals surface area contributed by atoms with Gasteiger partial charge in [0.25, 0.3) is 0 Å². The summed E-state index contributed by atoms with van der Waals surface area (Å²) in [7, 11) is 0. The number of amides is 2. The number of nitrogens with zero attached hydrogens (tertiary/aromatic N) is 2.